The minimum Gasteiger partial charge on any atom is -0.322 e. The van der Waals surface area contributed by atoms with Gasteiger partial charge >= 0.3 is 0 Å². The van der Waals surface area contributed by atoms with Crippen LogP contribution in [0.4, 0.5) is 14.5 Å². The van der Waals surface area contributed by atoms with Crippen molar-refractivity contribution < 1.29 is 13.6 Å². The summed E-state index contributed by atoms with van der Waals surface area (Å²) in [7, 11) is 2.09. The lowest BCUT2D eigenvalue weighted by Crippen LogP contribution is -2.33. The molecule has 0 radical (unpaired) electrons. The van der Waals surface area contributed by atoms with Crippen molar-refractivity contribution in [3.63, 3.8) is 0 Å². The lowest BCUT2D eigenvalue weighted by atomic mass is 9.94. The average molecular weight is 358 g/mol. The summed E-state index contributed by atoms with van der Waals surface area (Å²) in [5.41, 5.74) is 0.969. The molecule has 1 fully saturated rings. The zero-order valence-electron chi connectivity index (χ0n) is 15.0. The van der Waals surface area contributed by atoms with Gasteiger partial charge in [-0.3, -0.25) is 9.69 Å². The molecule has 0 aromatic heterocycles. The molecule has 138 valence electrons. The van der Waals surface area contributed by atoms with Gasteiger partial charge in [-0.15, -0.1) is 0 Å². The number of para-hydroxylation sites is 1. The molecule has 0 saturated heterocycles. The minimum atomic E-state index is -0.862. The average Bonchev–Trinajstić information content (AvgIpc) is 2.64. The Morgan fingerprint density at radius 2 is 1.69 bits per heavy atom. The van der Waals surface area contributed by atoms with Crippen LogP contribution in [-0.4, -0.2) is 23.9 Å². The Morgan fingerprint density at radius 1 is 1.04 bits per heavy atom. The molecule has 2 aromatic rings. The Morgan fingerprint density at radius 3 is 2.38 bits per heavy atom. The minimum absolute atomic E-state index is 0.538. The van der Waals surface area contributed by atoms with Gasteiger partial charge in [0.15, 0.2) is 0 Å². The molecule has 0 unspecified atom stereocenters. The van der Waals surface area contributed by atoms with E-state index in [1.807, 2.05) is 12.1 Å². The van der Waals surface area contributed by atoms with E-state index in [9.17, 15) is 13.6 Å². The molecule has 0 aliphatic heterocycles. The SMILES string of the molecule is CN(Cc1ccccc1NC(=O)c1c(F)cccc1F)C1CCCCC1. The van der Waals surface area contributed by atoms with Gasteiger partial charge < -0.3 is 5.32 Å². The van der Waals surface area contributed by atoms with Crippen LogP contribution in [0.15, 0.2) is 42.5 Å². The molecule has 1 amide bonds. The second-order valence-corrected chi connectivity index (χ2v) is 6.91. The normalized spacial score (nSPS) is 15.2. The van der Waals surface area contributed by atoms with Crippen LogP contribution in [0.3, 0.4) is 0 Å². The van der Waals surface area contributed by atoms with Crippen LogP contribution in [-0.2, 0) is 6.54 Å². The molecule has 1 N–H and O–H groups in total. The number of anilines is 1. The van der Waals surface area contributed by atoms with E-state index in [-0.39, 0.29) is 0 Å². The molecule has 3 rings (SSSR count). The molecule has 5 heteroatoms. The summed E-state index contributed by atoms with van der Waals surface area (Å²) in [6.45, 7) is 0.681. The van der Waals surface area contributed by atoms with Gasteiger partial charge in [0.05, 0.1) is 0 Å². The van der Waals surface area contributed by atoms with Gasteiger partial charge in [-0.2, -0.15) is 0 Å². The predicted molar refractivity (Wildman–Crippen MR) is 99.1 cm³/mol. The summed E-state index contributed by atoms with van der Waals surface area (Å²) in [4.78, 5) is 14.7. The Bertz CT molecular complexity index is 752. The maximum atomic E-state index is 13.8. The van der Waals surface area contributed by atoms with Crippen molar-refractivity contribution in [3.05, 3.63) is 65.2 Å². The Balaban J connectivity index is 1.75. The highest BCUT2D eigenvalue weighted by Gasteiger charge is 2.21. The quantitative estimate of drug-likeness (QED) is 0.817. The number of halogens is 2. The van der Waals surface area contributed by atoms with E-state index in [2.05, 4.69) is 17.3 Å². The van der Waals surface area contributed by atoms with Crippen LogP contribution in [0.2, 0.25) is 0 Å². The lowest BCUT2D eigenvalue weighted by molar-refractivity contribution is 0.101. The molecule has 0 spiro atoms. The number of rotatable bonds is 5. The van der Waals surface area contributed by atoms with Gasteiger partial charge in [0.25, 0.3) is 5.91 Å². The predicted octanol–water partition coefficient (Wildman–Crippen LogP) is 4.98. The highest BCUT2D eigenvalue weighted by Crippen LogP contribution is 2.25. The number of amides is 1. The first-order valence-electron chi connectivity index (χ1n) is 9.10. The van der Waals surface area contributed by atoms with E-state index in [0.29, 0.717) is 18.3 Å². The first-order valence-corrected chi connectivity index (χ1v) is 9.10. The summed E-state index contributed by atoms with van der Waals surface area (Å²) in [6, 6.07) is 11.4. The second kappa shape index (κ2) is 8.41. The van der Waals surface area contributed by atoms with Crippen molar-refractivity contribution in [1.29, 1.82) is 0 Å². The van der Waals surface area contributed by atoms with Gasteiger partial charge in [-0.05, 0) is 43.7 Å². The standard InChI is InChI=1S/C21H24F2N2O/c1-25(16-9-3-2-4-10-16)14-15-8-5-6-13-19(15)24-21(26)20-17(22)11-7-12-18(20)23/h5-8,11-13,16H,2-4,9-10,14H2,1H3,(H,24,26). The highest BCUT2D eigenvalue weighted by atomic mass is 19.1. The van der Waals surface area contributed by atoms with Crippen molar-refractivity contribution in [3.8, 4) is 0 Å². The third-order valence-corrected chi connectivity index (χ3v) is 5.07. The van der Waals surface area contributed by atoms with E-state index in [1.54, 1.807) is 12.1 Å². The van der Waals surface area contributed by atoms with Crippen molar-refractivity contribution >= 4 is 11.6 Å². The lowest BCUT2D eigenvalue weighted by Gasteiger charge is -2.31. The largest absolute Gasteiger partial charge is 0.322 e. The van der Waals surface area contributed by atoms with E-state index >= 15 is 0 Å². The third kappa shape index (κ3) is 4.28. The molecule has 0 heterocycles. The maximum absolute atomic E-state index is 13.8. The molecule has 2 aromatic carbocycles. The fraction of sp³-hybridized carbons (Fsp3) is 0.381. The third-order valence-electron chi connectivity index (χ3n) is 5.07. The van der Waals surface area contributed by atoms with Crippen LogP contribution in [0.5, 0.6) is 0 Å². The molecule has 1 aliphatic rings. The monoisotopic (exact) mass is 358 g/mol. The first-order chi connectivity index (χ1) is 12.6. The molecule has 3 nitrogen and oxygen atoms in total. The molecule has 1 saturated carbocycles. The number of carbonyl (C=O) groups excluding carboxylic acids is 1. The summed E-state index contributed by atoms with van der Waals surface area (Å²) >= 11 is 0. The number of nitrogens with zero attached hydrogens (tertiary/aromatic N) is 1. The highest BCUT2D eigenvalue weighted by molar-refractivity contribution is 6.05. The fourth-order valence-corrected chi connectivity index (χ4v) is 3.60. The zero-order valence-corrected chi connectivity index (χ0v) is 15.0. The molecular formula is C21H24F2N2O. The first kappa shape index (κ1) is 18.5. The topological polar surface area (TPSA) is 32.3 Å². The van der Waals surface area contributed by atoms with Gasteiger partial charge in [-0.25, -0.2) is 8.78 Å². The number of nitrogens with one attached hydrogen (secondary N) is 1. The fourth-order valence-electron chi connectivity index (χ4n) is 3.60. The van der Waals surface area contributed by atoms with E-state index < -0.39 is 23.1 Å². The van der Waals surface area contributed by atoms with Crippen LogP contribution >= 0.6 is 0 Å². The van der Waals surface area contributed by atoms with E-state index in [0.717, 1.165) is 17.7 Å². The molecule has 0 atom stereocenters. The Hall–Kier alpha value is -2.27. The Labute approximate surface area is 153 Å². The summed E-state index contributed by atoms with van der Waals surface area (Å²) in [5, 5.41) is 2.67. The molecule has 26 heavy (non-hydrogen) atoms. The van der Waals surface area contributed by atoms with Crippen molar-refractivity contribution in [1.82, 2.24) is 4.90 Å². The van der Waals surface area contributed by atoms with Crippen molar-refractivity contribution in [2.45, 2.75) is 44.7 Å². The molecule has 1 aliphatic carbocycles. The van der Waals surface area contributed by atoms with Crippen molar-refractivity contribution in [2.75, 3.05) is 12.4 Å². The van der Waals surface area contributed by atoms with Crippen molar-refractivity contribution in [2.24, 2.45) is 0 Å². The van der Waals surface area contributed by atoms with Gasteiger partial charge in [0.2, 0.25) is 0 Å². The summed E-state index contributed by atoms with van der Waals surface area (Å²) in [6.07, 6.45) is 6.17. The summed E-state index contributed by atoms with van der Waals surface area (Å²) < 4.78 is 27.7. The summed E-state index contributed by atoms with van der Waals surface area (Å²) in [5.74, 6) is -2.49. The smallest absolute Gasteiger partial charge is 0.261 e. The Kier molecular flexibility index (Phi) is 5.99. The van der Waals surface area contributed by atoms with E-state index in [1.165, 1.54) is 38.2 Å². The van der Waals surface area contributed by atoms with Crippen LogP contribution in [0.25, 0.3) is 0 Å². The zero-order chi connectivity index (χ0) is 18.5. The number of benzene rings is 2. The van der Waals surface area contributed by atoms with Gasteiger partial charge in [0, 0.05) is 18.3 Å². The number of carbonyl (C=O) groups is 1. The maximum Gasteiger partial charge on any atom is 0.261 e. The van der Waals surface area contributed by atoms with E-state index in [4.69, 9.17) is 0 Å². The van der Waals surface area contributed by atoms with Gasteiger partial charge in [-0.1, -0.05) is 43.5 Å². The van der Waals surface area contributed by atoms with Gasteiger partial charge in [0.1, 0.15) is 17.2 Å². The van der Waals surface area contributed by atoms with Crippen LogP contribution in [0.1, 0.15) is 48.0 Å². The number of hydrogen-bond donors (Lipinski definition) is 1. The van der Waals surface area contributed by atoms with Crippen LogP contribution < -0.4 is 5.32 Å². The number of hydrogen-bond acceptors (Lipinski definition) is 2. The molecule has 0 bridgehead atoms. The second-order valence-electron chi connectivity index (χ2n) is 6.91. The van der Waals surface area contributed by atoms with Crippen LogP contribution in [0, 0.1) is 11.6 Å². The molecular weight excluding hydrogens is 334 g/mol.